The highest BCUT2D eigenvalue weighted by Crippen LogP contribution is 2.10. The maximum absolute atomic E-state index is 11.9. The van der Waals surface area contributed by atoms with Crippen molar-refractivity contribution in [2.24, 2.45) is 0 Å². The molecule has 4 nitrogen and oxygen atoms in total. The van der Waals surface area contributed by atoms with Gasteiger partial charge in [-0.15, -0.1) is 0 Å². The molecule has 0 unspecified atom stereocenters. The first-order chi connectivity index (χ1) is 7.86. The summed E-state index contributed by atoms with van der Waals surface area (Å²) in [6, 6.07) is 0. The molecule has 0 spiro atoms. The number of carbonyl (C=O) groups is 1. The smallest absolute Gasteiger partial charge is 0.222 e. The third kappa shape index (κ3) is 3.32. The second-order valence-electron chi connectivity index (χ2n) is 4.46. The van der Waals surface area contributed by atoms with Crippen LogP contribution in [0.25, 0.3) is 0 Å². The van der Waals surface area contributed by atoms with E-state index in [1.165, 1.54) is 5.57 Å². The predicted octanol–water partition coefficient (Wildman–Crippen LogP) is 0.118. The molecule has 0 bridgehead atoms. The van der Waals surface area contributed by atoms with Gasteiger partial charge in [0.15, 0.2) is 0 Å². The van der Waals surface area contributed by atoms with Crippen molar-refractivity contribution in [1.29, 1.82) is 0 Å². The van der Waals surface area contributed by atoms with E-state index in [0.717, 1.165) is 52.1 Å². The van der Waals surface area contributed by atoms with E-state index in [-0.39, 0.29) is 0 Å². The summed E-state index contributed by atoms with van der Waals surface area (Å²) < 4.78 is 0. The first kappa shape index (κ1) is 11.6. The van der Waals surface area contributed by atoms with Crippen LogP contribution in [0.15, 0.2) is 11.6 Å². The summed E-state index contributed by atoms with van der Waals surface area (Å²) in [4.78, 5) is 13.9. The molecule has 1 fully saturated rings. The Hall–Kier alpha value is -0.870. The molecule has 4 heteroatoms. The lowest BCUT2D eigenvalue weighted by Gasteiger charge is -2.27. The minimum absolute atomic E-state index is 0.313. The highest BCUT2D eigenvalue weighted by atomic mass is 16.2. The lowest BCUT2D eigenvalue weighted by atomic mass is 10.1. The number of amides is 1. The van der Waals surface area contributed by atoms with E-state index >= 15 is 0 Å². The minimum atomic E-state index is 0.313. The van der Waals surface area contributed by atoms with Gasteiger partial charge in [0.1, 0.15) is 0 Å². The first-order valence-electron chi connectivity index (χ1n) is 6.23. The Morgan fingerprint density at radius 1 is 1.25 bits per heavy atom. The molecular formula is C12H21N3O. The summed E-state index contributed by atoms with van der Waals surface area (Å²) in [5.41, 5.74) is 1.40. The fraction of sp³-hybridized carbons (Fsp3) is 0.750. The highest BCUT2D eigenvalue weighted by molar-refractivity contribution is 5.76. The molecular weight excluding hydrogens is 202 g/mol. The average molecular weight is 223 g/mol. The number of nitrogens with zero attached hydrogens (tertiary/aromatic N) is 1. The summed E-state index contributed by atoms with van der Waals surface area (Å²) in [7, 11) is 0. The van der Waals surface area contributed by atoms with Gasteiger partial charge in [-0.25, -0.2) is 0 Å². The van der Waals surface area contributed by atoms with Crippen LogP contribution in [0.2, 0.25) is 0 Å². The number of hydrogen-bond donors (Lipinski definition) is 2. The zero-order valence-corrected chi connectivity index (χ0v) is 9.80. The van der Waals surface area contributed by atoms with Crippen molar-refractivity contribution >= 4 is 5.91 Å². The molecule has 2 rings (SSSR count). The molecule has 2 aliphatic heterocycles. The Kier molecular flexibility index (Phi) is 4.36. The van der Waals surface area contributed by atoms with Crippen molar-refractivity contribution in [3.8, 4) is 0 Å². The van der Waals surface area contributed by atoms with Crippen molar-refractivity contribution in [3.63, 3.8) is 0 Å². The molecule has 0 aromatic rings. The number of piperazine rings is 1. The Morgan fingerprint density at radius 2 is 2.06 bits per heavy atom. The molecule has 1 saturated heterocycles. The highest BCUT2D eigenvalue weighted by Gasteiger charge is 2.16. The first-order valence-corrected chi connectivity index (χ1v) is 6.23. The van der Waals surface area contributed by atoms with Crippen molar-refractivity contribution < 1.29 is 4.79 Å². The molecule has 90 valence electrons. The van der Waals surface area contributed by atoms with Gasteiger partial charge < -0.3 is 15.5 Å². The SMILES string of the molecule is O=C(CCC1=CCCNC1)N1CCNCC1. The molecule has 0 saturated carbocycles. The van der Waals surface area contributed by atoms with Gasteiger partial charge in [-0.3, -0.25) is 4.79 Å². The topological polar surface area (TPSA) is 44.4 Å². The maximum Gasteiger partial charge on any atom is 0.222 e. The van der Waals surface area contributed by atoms with E-state index in [2.05, 4.69) is 16.7 Å². The largest absolute Gasteiger partial charge is 0.340 e. The summed E-state index contributed by atoms with van der Waals surface area (Å²) in [5, 5.41) is 6.59. The van der Waals surface area contributed by atoms with Crippen LogP contribution in [0.1, 0.15) is 19.3 Å². The van der Waals surface area contributed by atoms with E-state index in [9.17, 15) is 4.79 Å². The van der Waals surface area contributed by atoms with Crippen molar-refractivity contribution in [2.45, 2.75) is 19.3 Å². The van der Waals surface area contributed by atoms with Gasteiger partial charge >= 0.3 is 0 Å². The monoisotopic (exact) mass is 223 g/mol. The Bertz CT molecular complexity index is 269. The predicted molar refractivity (Wildman–Crippen MR) is 64.3 cm³/mol. The lowest BCUT2D eigenvalue weighted by molar-refractivity contribution is -0.131. The number of carbonyl (C=O) groups excluding carboxylic acids is 1. The molecule has 2 aliphatic rings. The van der Waals surface area contributed by atoms with Crippen LogP contribution in [0.4, 0.5) is 0 Å². The zero-order chi connectivity index (χ0) is 11.2. The molecule has 16 heavy (non-hydrogen) atoms. The number of hydrogen-bond acceptors (Lipinski definition) is 3. The number of nitrogens with one attached hydrogen (secondary N) is 2. The molecule has 0 aromatic heterocycles. The Balaban J connectivity index is 1.72. The van der Waals surface area contributed by atoms with Crippen LogP contribution < -0.4 is 10.6 Å². The summed E-state index contributed by atoms with van der Waals surface area (Å²) in [6.45, 7) is 5.67. The van der Waals surface area contributed by atoms with Gasteiger partial charge in [-0.2, -0.15) is 0 Å². The van der Waals surface area contributed by atoms with Gasteiger partial charge in [0.05, 0.1) is 0 Å². The summed E-state index contributed by atoms with van der Waals surface area (Å²) >= 11 is 0. The van der Waals surface area contributed by atoms with Crippen molar-refractivity contribution in [1.82, 2.24) is 15.5 Å². The summed E-state index contributed by atoms with van der Waals surface area (Å²) in [6.07, 6.45) is 4.99. The van der Waals surface area contributed by atoms with Crippen LogP contribution in [0.3, 0.4) is 0 Å². The van der Waals surface area contributed by atoms with Crippen LogP contribution >= 0.6 is 0 Å². The molecule has 0 radical (unpaired) electrons. The zero-order valence-electron chi connectivity index (χ0n) is 9.80. The van der Waals surface area contributed by atoms with Crippen molar-refractivity contribution in [2.75, 3.05) is 39.3 Å². The van der Waals surface area contributed by atoms with E-state index in [1.807, 2.05) is 4.90 Å². The fourth-order valence-corrected chi connectivity index (χ4v) is 2.23. The van der Waals surface area contributed by atoms with Crippen LogP contribution in [0.5, 0.6) is 0 Å². The van der Waals surface area contributed by atoms with Crippen molar-refractivity contribution in [3.05, 3.63) is 11.6 Å². The van der Waals surface area contributed by atoms with E-state index < -0.39 is 0 Å². The minimum Gasteiger partial charge on any atom is -0.340 e. The van der Waals surface area contributed by atoms with E-state index in [1.54, 1.807) is 0 Å². The van der Waals surface area contributed by atoms with Gasteiger partial charge in [0.25, 0.3) is 0 Å². The van der Waals surface area contributed by atoms with E-state index in [4.69, 9.17) is 0 Å². The standard InChI is InChI=1S/C12H21N3O/c16-12(15-8-6-13-7-9-15)4-3-11-2-1-5-14-10-11/h2,13-14H,1,3-10H2. The second-order valence-corrected chi connectivity index (χ2v) is 4.46. The fourth-order valence-electron chi connectivity index (χ4n) is 2.23. The third-order valence-electron chi connectivity index (χ3n) is 3.24. The quantitative estimate of drug-likeness (QED) is 0.668. The lowest BCUT2D eigenvalue weighted by Crippen LogP contribution is -2.46. The van der Waals surface area contributed by atoms with Crippen LogP contribution in [0, 0.1) is 0 Å². The Morgan fingerprint density at radius 3 is 2.75 bits per heavy atom. The third-order valence-corrected chi connectivity index (χ3v) is 3.24. The molecule has 1 amide bonds. The number of rotatable bonds is 3. The van der Waals surface area contributed by atoms with Gasteiger partial charge in [0, 0.05) is 39.1 Å². The normalized spacial score (nSPS) is 21.8. The molecule has 0 aromatic carbocycles. The van der Waals surface area contributed by atoms with Gasteiger partial charge in [0.2, 0.25) is 5.91 Å². The molecule has 0 aliphatic carbocycles. The Labute approximate surface area is 97.1 Å². The summed E-state index contributed by atoms with van der Waals surface area (Å²) in [5.74, 6) is 0.313. The molecule has 2 heterocycles. The van der Waals surface area contributed by atoms with Crippen LogP contribution in [-0.2, 0) is 4.79 Å². The van der Waals surface area contributed by atoms with Gasteiger partial charge in [-0.1, -0.05) is 11.6 Å². The van der Waals surface area contributed by atoms with Crippen LogP contribution in [-0.4, -0.2) is 50.1 Å². The maximum atomic E-state index is 11.9. The van der Waals surface area contributed by atoms with Gasteiger partial charge in [-0.05, 0) is 19.4 Å². The molecule has 2 N–H and O–H groups in total. The second kappa shape index (κ2) is 6.01. The average Bonchev–Trinajstić information content (AvgIpc) is 2.38. The van der Waals surface area contributed by atoms with E-state index in [0.29, 0.717) is 12.3 Å². The molecule has 0 atom stereocenters.